The number of amides is 2. The number of nitrogens with zero attached hydrogens (tertiary/aromatic N) is 3. The standard InChI is InChI=1S/C20H29N5O2/c1-14-9-22-18(10-21-14)11-23-19(26)16-7-8-17(13-25(2)12-16)24-20(27)15-5-3-4-6-15/h3-4,9-10,15-17H,5-8,11-13H2,1-2H3,(H,23,26)(H,24,27)/t16-,17+/m1/s1. The molecule has 0 spiro atoms. The van der Waals surface area contributed by atoms with Crippen LogP contribution in [0, 0.1) is 18.8 Å². The molecule has 1 aliphatic carbocycles. The molecular formula is C20H29N5O2. The molecule has 7 heteroatoms. The number of aromatic nitrogens is 2. The molecule has 1 aromatic heterocycles. The van der Waals surface area contributed by atoms with Gasteiger partial charge in [0.1, 0.15) is 0 Å². The molecular weight excluding hydrogens is 342 g/mol. The number of likely N-dealkylation sites (N-methyl/N-ethyl adjacent to an activating group) is 1. The molecule has 146 valence electrons. The van der Waals surface area contributed by atoms with Crippen LogP contribution in [0.2, 0.25) is 0 Å². The van der Waals surface area contributed by atoms with Gasteiger partial charge < -0.3 is 15.5 Å². The van der Waals surface area contributed by atoms with Crippen molar-refractivity contribution in [2.75, 3.05) is 20.1 Å². The fraction of sp³-hybridized carbons (Fsp3) is 0.600. The predicted molar refractivity (Wildman–Crippen MR) is 103 cm³/mol. The van der Waals surface area contributed by atoms with Gasteiger partial charge in [-0.05, 0) is 39.7 Å². The first kappa shape index (κ1) is 19.5. The first-order valence-electron chi connectivity index (χ1n) is 9.70. The predicted octanol–water partition coefficient (Wildman–Crippen LogP) is 1.19. The maximum atomic E-state index is 12.6. The average Bonchev–Trinajstić information content (AvgIpc) is 3.12. The summed E-state index contributed by atoms with van der Waals surface area (Å²) in [6.07, 6.45) is 10.8. The van der Waals surface area contributed by atoms with Crippen molar-refractivity contribution in [1.82, 2.24) is 25.5 Å². The van der Waals surface area contributed by atoms with Crippen molar-refractivity contribution in [2.45, 2.75) is 45.2 Å². The third-order valence-electron chi connectivity index (χ3n) is 5.30. The fourth-order valence-corrected chi connectivity index (χ4v) is 3.73. The lowest BCUT2D eigenvalue weighted by molar-refractivity contribution is -0.126. The number of aryl methyl sites for hydroxylation is 1. The quantitative estimate of drug-likeness (QED) is 0.760. The molecule has 1 fully saturated rings. The van der Waals surface area contributed by atoms with Crippen LogP contribution in [0.25, 0.3) is 0 Å². The Bertz CT molecular complexity index is 680. The van der Waals surface area contributed by atoms with Crippen LogP contribution < -0.4 is 10.6 Å². The van der Waals surface area contributed by atoms with E-state index in [1.165, 1.54) is 0 Å². The Morgan fingerprint density at radius 1 is 1.07 bits per heavy atom. The number of rotatable bonds is 5. The van der Waals surface area contributed by atoms with Crippen LogP contribution in [-0.2, 0) is 16.1 Å². The molecule has 27 heavy (non-hydrogen) atoms. The minimum Gasteiger partial charge on any atom is -0.352 e. The average molecular weight is 371 g/mol. The van der Waals surface area contributed by atoms with Gasteiger partial charge in [-0.1, -0.05) is 12.2 Å². The second kappa shape index (κ2) is 9.08. The highest BCUT2D eigenvalue weighted by Gasteiger charge is 2.29. The van der Waals surface area contributed by atoms with E-state index >= 15 is 0 Å². The number of hydrogen-bond donors (Lipinski definition) is 2. The minimum atomic E-state index is -0.0801. The van der Waals surface area contributed by atoms with Gasteiger partial charge in [-0.2, -0.15) is 0 Å². The Kier molecular flexibility index (Phi) is 6.55. The van der Waals surface area contributed by atoms with E-state index in [2.05, 4.69) is 37.7 Å². The van der Waals surface area contributed by atoms with Crippen molar-refractivity contribution in [3.63, 3.8) is 0 Å². The smallest absolute Gasteiger partial charge is 0.224 e. The van der Waals surface area contributed by atoms with E-state index in [4.69, 9.17) is 0 Å². The zero-order valence-electron chi connectivity index (χ0n) is 16.1. The highest BCUT2D eigenvalue weighted by molar-refractivity contribution is 5.80. The summed E-state index contributed by atoms with van der Waals surface area (Å²) in [5.74, 6) is 0.173. The molecule has 2 amide bonds. The van der Waals surface area contributed by atoms with Crippen LogP contribution in [0.5, 0.6) is 0 Å². The van der Waals surface area contributed by atoms with Crippen LogP contribution in [0.4, 0.5) is 0 Å². The lowest BCUT2D eigenvalue weighted by Crippen LogP contribution is -2.43. The Hall–Kier alpha value is -2.28. The Balaban J connectivity index is 1.48. The van der Waals surface area contributed by atoms with Gasteiger partial charge in [0, 0.05) is 31.2 Å². The van der Waals surface area contributed by atoms with Gasteiger partial charge in [-0.3, -0.25) is 19.6 Å². The summed E-state index contributed by atoms with van der Waals surface area (Å²) in [6.45, 7) is 3.75. The number of nitrogens with one attached hydrogen (secondary N) is 2. The second-order valence-electron chi connectivity index (χ2n) is 7.71. The summed E-state index contributed by atoms with van der Waals surface area (Å²) in [5, 5.41) is 6.16. The molecule has 1 aromatic rings. The lowest BCUT2D eigenvalue weighted by Gasteiger charge is -2.23. The van der Waals surface area contributed by atoms with E-state index in [0.717, 1.165) is 43.6 Å². The summed E-state index contributed by atoms with van der Waals surface area (Å²) < 4.78 is 0. The Morgan fingerprint density at radius 2 is 1.85 bits per heavy atom. The molecule has 2 N–H and O–H groups in total. The van der Waals surface area contributed by atoms with Gasteiger partial charge in [0.15, 0.2) is 0 Å². The Labute approximate surface area is 160 Å². The van der Waals surface area contributed by atoms with Crippen molar-refractivity contribution in [1.29, 1.82) is 0 Å². The van der Waals surface area contributed by atoms with Crippen LogP contribution in [0.15, 0.2) is 24.5 Å². The number of hydrogen-bond acceptors (Lipinski definition) is 5. The monoisotopic (exact) mass is 371 g/mol. The number of likely N-dealkylation sites (tertiary alicyclic amines) is 1. The van der Waals surface area contributed by atoms with E-state index in [1.807, 2.05) is 14.0 Å². The van der Waals surface area contributed by atoms with Crippen LogP contribution in [0.3, 0.4) is 0 Å². The highest BCUT2D eigenvalue weighted by Crippen LogP contribution is 2.20. The molecule has 0 bridgehead atoms. The van der Waals surface area contributed by atoms with Crippen molar-refractivity contribution in [3.05, 3.63) is 35.9 Å². The van der Waals surface area contributed by atoms with E-state index in [-0.39, 0.29) is 29.7 Å². The summed E-state index contributed by atoms with van der Waals surface area (Å²) in [6, 6.07) is 0.101. The van der Waals surface area contributed by atoms with Crippen LogP contribution in [-0.4, -0.2) is 52.9 Å². The molecule has 2 aliphatic rings. The van der Waals surface area contributed by atoms with Crippen LogP contribution >= 0.6 is 0 Å². The van der Waals surface area contributed by atoms with E-state index < -0.39 is 0 Å². The van der Waals surface area contributed by atoms with Crippen molar-refractivity contribution < 1.29 is 9.59 Å². The second-order valence-corrected chi connectivity index (χ2v) is 7.71. The first-order chi connectivity index (χ1) is 13.0. The molecule has 1 saturated heterocycles. The SMILES string of the molecule is Cc1cnc(CNC(=O)[C@@H]2CC[C@H](NC(=O)C3CC=CC3)CN(C)C2)cn1. The third-order valence-corrected chi connectivity index (χ3v) is 5.30. The molecule has 0 saturated carbocycles. The van der Waals surface area contributed by atoms with Crippen LogP contribution in [0.1, 0.15) is 37.1 Å². The fourth-order valence-electron chi connectivity index (χ4n) is 3.73. The van der Waals surface area contributed by atoms with E-state index in [0.29, 0.717) is 13.1 Å². The highest BCUT2D eigenvalue weighted by atomic mass is 16.2. The number of carbonyl (C=O) groups is 2. The largest absolute Gasteiger partial charge is 0.352 e. The topological polar surface area (TPSA) is 87.2 Å². The van der Waals surface area contributed by atoms with E-state index in [9.17, 15) is 9.59 Å². The van der Waals surface area contributed by atoms with Gasteiger partial charge in [0.2, 0.25) is 11.8 Å². The minimum absolute atomic E-state index is 0.0381. The molecule has 7 nitrogen and oxygen atoms in total. The summed E-state index contributed by atoms with van der Waals surface area (Å²) in [5.41, 5.74) is 1.61. The maximum absolute atomic E-state index is 12.6. The van der Waals surface area contributed by atoms with Crippen molar-refractivity contribution >= 4 is 11.8 Å². The zero-order valence-corrected chi connectivity index (χ0v) is 16.1. The Morgan fingerprint density at radius 3 is 2.56 bits per heavy atom. The van der Waals surface area contributed by atoms with Gasteiger partial charge in [-0.15, -0.1) is 0 Å². The molecule has 2 atom stereocenters. The molecule has 2 heterocycles. The molecule has 0 radical (unpaired) electrons. The van der Waals surface area contributed by atoms with Crippen molar-refractivity contribution in [2.24, 2.45) is 11.8 Å². The molecule has 3 rings (SSSR count). The van der Waals surface area contributed by atoms with Crippen molar-refractivity contribution in [3.8, 4) is 0 Å². The third kappa shape index (κ3) is 5.60. The van der Waals surface area contributed by atoms with Gasteiger partial charge >= 0.3 is 0 Å². The summed E-state index contributed by atoms with van der Waals surface area (Å²) in [4.78, 5) is 35.6. The normalized spacial score (nSPS) is 23.8. The molecule has 1 aliphatic heterocycles. The van der Waals surface area contributed by atoms with E-state index in [1.54, 1.807) is 12.4 Å². The maximum Gasteiger partial charge on any atom is 0.224 e. The number of allylic oxidation sites excluding steroid dienone is 2. The zero-order chi connectivity index (χ0) is 19.2. The first-order valence-corrected chi connectivity index (χ1v) is 9.70. The summed E-state index contributed by atoms with van der Waals surface area (Å²) >= 11 is 0. The number of carbonyl (C=O) groups excluding carboxylic acids is 2. The van der Waals surface area contributed by atoms with Gasteiger partial charge in [0.25, 0.3) is 0 Å². The van der Waals surface area contributed by atoms with Gasteiger partial charge in [-0.25, -0.2) is 0 Å². The summed E-state index contributed by atoms with van der Waals surface area (Å²) in [7, 11) is 2.01. The van der Waals surface area contributed by atoms with Gasteiger partial charge in [0.05, 0.1) is 30.0 Å². The molecule has 0 aromatic carbocycles. The molecule has 0 unspecified atom stereocenters. The lowest BCUT2D eigenvalue weighted by atomic mass is 10.00.